The Morgan fingerprint density at radius 3 is 1.85 bits per heavy atom. The molecule has 0 radical (unpaired) electrons. The highest BCUT2D eigenvalue weighted by atomic mass is 32.3. The van der Waals surface area contributed by atoms with Crippen LogP contribution in [-0.4, -0.2) is 12.5 Å². The maximum atomic E-state index is 4.12. The van der Waals surface area contributed by atoms with Crippen LogP contribution in [0.15, 0.2) is 162 Å². The molecule has 0 amide bonds. The molecule has 0 aromatic heterocycles. The summed E-state index contributed by atoms with van der Waals surface area (Å²) in [6.45, 7) is 15.0. The molecule has 0 aliphatic carbocycles. The van der Waals surface area contributed by atoms with Crippen molar-refractivity contribution < 1.29 is 0 Å². The first-order valence-corrected chi connectivity index (χ1v) is 20.9. The van der Waals surface area contributed by atoms with Crippen LogP contribution in [0, 0.1) is 0 Å². The van der Waals surface area contributed by atoms with Gasteiger partial charge in [0, 0.05) is 9.79 Å². The zero-order chi connectivity index (χ0) is 36.6. The second-order valence-corrected chi connectivity index (χ2v) is 19.4. The Bertz CT molecular complexity index is 2800. The van der Waals surface area contributed by atoms with Gasteiger partial charge in [-0.3, -0.25) is 0 Å². The van der Waals surface area contributed by atoms with E-state index in [2.05, 4.69) is 186 Å². The van der Waals surface area contributed by atoms with E-state index in [0.29, 0.717) is 0 Å². The zero-order valence-corrected chi connectivity index (χ0v) is 32.1. The number of hydrogen-bond acceptors (Lipinski definition) is 0. The third-order valence-corrected chi connectivity index (χ3v) is 14.3. The third kappa shape index (κ3) is 5.21. The Kier molecular flexibility index (Phi) is 7.66. The lowest BCUT2D eigenvalue weighted by molar-refractivity contribution is 0.590. The summed E-state index contributed by atoms with van der Waals surface area (Å²) in [4.78, 5) is 2.94. The van der Waals surface area contributed by atoms with Crippen LogP contribution < -0.4 is 0 Å². The van der Waals surface area contributed by atoms with Crippen LogP contribution >= 0.6 is 10.0 Å². The summed E-state index contributed by atoms with van der Waals surface area (Å²) in [7, 11) is -1.23. The molecule has 8 aromatic rings. The lowest BCUT2D eigenvalue weighted by Crippen LogP contribution is -2.10. The van der Waals surface area contributed by atoms with Crippen molar-refractivity contribution in [3.8, 4) is 44.5 Å². The van der Waals surface area contributed by atoms with Gasteiger partial charge in [0.15, 0.2) is 0 Å². The van der Waals surface area contributed by atoms with Gasteiger partial charge in [-0.25, -0.2) is 0 Å². The maximum absolute atomic E-state index is 4.12. The van der Waals surface area contributed by atoms with E-state index in [1.807, 2.05) is 12.2 Å². The van der Waals surface area contributed by atoms with Crippen molar-refractivity contribution >= 4 is 54.5 Å². The van der Waals surface area contributed by atoms with Crippen LogP contribution in [0.5, 0.6) is 0 Å². The smallest absolute Gasteiger partial charge is 0.00219 e. The van der Waals surface area contributed by atoms with E-state index < -0.39 is 10.0 Å². The summed E-state index contributed by atoms with van der Waals surface area (Å²) in [5.41, 5.74) is 13.8. The fourth-order valence-electron chi connectivity index (χ4n) is 8.62. The second kappa shape index (κ2) is 12.2. The minimum atomic E-state index is -1.23. The fourth-order valence-corrected chi connectivity index (χ4v) is 11.1. The molecule has 258 valence electrons. The Morgan fingerprint density at radius 2 is 1.08 bits per heavy atom. The van der Waals surface area contributed by atoms with E-state index in [0.717, 1.165) is 11.1 Å². The van der Waals surface area contributed by atoms with Crippen molar-refractivity contribution in [2.75, 3.05) is 12.5 Å². The molecular formula is C52H44S. The van der Waals surface area contributed by atoms with Crippen LogP contribution in [0.3, 0.4) is 0 Å². The minimum absolute atomic E-state index is 0.0696. The lowest BCUT2D eigenvalue weighted by Gasteiger charge is -2.29. The van der Waals surface area contributed by atoms with Crippen molar-refractivity contribution in [2.24, 2.45) is 0 Å². The van der Waals surface area contributed by atoms with Gasteiger partial charge in [-0.1, -0.05) is 155 Å². The first-order valence-electron chi connectivity index (χ1n) is 18.5. The topological polar surface area (TPSA) is 0 Å². The van der Waals surface area contributed by atoms with Gasteiger partial charge in [0.1, 0.15) is 0 Å². The molecule has 0 nitrogen and oxygen atoms in total. The molecule has 0 bridgehead atoms. The maximum Gasteiger partial charge on any atom is 0.00219 e. The molecule has 0 atom stereocenters. The number of fused-ring (bicyclic) bond motifs is 6. The van der Waals surface area contributed by atoms with Crippen molar-refractivity contribution in [2.45, 2.75) is 36.0 Å². The van der Waals surface area contributed by atoms with Gasteiger partial charge in [0.25, 0.3) is 0 Å². The van der Waals surface area contributed by atoms with Crippen molar-refractivity contribution in [3.05, 3.63) is 169 Å². The van der Waals surface area contributed by atoms with Gasteiger partial charge in [-0.2, -0.15) is 10.0 Å². The first-order chi connectivity index (χ1) is 25.6. The Hall–Kier alpha value is -5.63. The highest BCUT2D eigenvalue weighted by molar-refractivity contribution is 8.33. The molecule has 0 saturated heterocycles. The number of rotatable bonds is 5. The van der Waals surface area contributed by atoms with E-state index in [1.54, 1.807) is 0 Å². The molecule has 9 rings (SSSR count). The second-order valence-electron chi connectivity index (χ2n) is 15.8. The van der Waals surface area contributed by atoms with Gasteiger partial charge in [0.2, 0.25) is 0 Å². The summed E-state index contributed by atoms with van der Waals surface area (Å²) in [6, 6.07) is 52.9. The van der Waals surface area contributed by atoms with Crippen molar-refractivity contribution in [1.29, 1.82) is 0 Å². The lowest BCUT2D eigenvalue weighted by atomic mass is 9.81. The van der Waals surface area contributed by atoms with E-state index in [4.69, 9.17) is 0 Å². The fraction of sp³-hybridized carbons (Fsp3) is 0.115. The molecule has 53 heavy (non-hydrogen) atoms. The van der Waals surface area contributed by atoms with E-state index in [9.17, 15) is 0 Å². The summed E-state index contributed by atoms with van der Waals surface area (Å²) < 4.78 is 0. The highest BCUT2D eigenvalue weighted by Crippen LogP contribution is 2.68. The molecule has 1 heteroatoms. The van der Waals surface area contributed by atoms with Crippen LogP contribution in [0.4, 0.5) is 0 Å². The average Bonchev–Trinajstić information content (AvgIpc) is 3.40. The SMILES string of the molecule is C=Cc1ccc(-c2ccc3c(-c4ccc(C(C)(C)C)cc4)c4cc5c(cc4c(-c4cccc6ccccc46)c3c2)S(C)(C)c2ccccc2-5)cc1C=C. The quantitative estimate of drug-likeness (QED) is 0.157. The zero-order valence-electron chi connectivity index (χ0n) is 31.3. The van der Waals surface area contributed by atoms with Gasteiger partial charge < -0.3 is 0 Å². The summed E-state index contributed by atoms with van der Waals surface area (Å²) in [6.07, 6.45) is 8.77. The van der Waals surface area contributed by atoms with Gasteiger partial charge >= 0.3 is 0 Å². The predicted molar refractivity (Wildman–Crippen MR) is 236 cm³/mol. The monoisotopic (exact) mass is 700 g/mol. The molecule has 0 unspecified atom stereocenters. The largest absolute Gasteiger partial charge is 0.192 e. The standard InChI is InChI=1S/C52H44S/c1-8-33-21-22-37(29-34(33)9-2)38-25-28-43-45(30-38)51(42-19-14-16-35-15-10-11-17-40(35)42)47-32-49-44(41-18-12-13-20-48(41)53(49,6)7)31-46(47)50(43)36-23-26-39(27-24-36)52(3,4)5/h8-32H,1-2H2,3-7H3. The van der Waals surface area contributed by atoms with Crippen molar-refractivity contribution in [3.63, 3.8) is 0 Å². The predicted octanol–water partition coefficient (Wildman–Crippen LogP) is 15.2. The van der Waals surface area contributed by atoms with E-state index in [-0.39, 0.29) is 5.41 Å². The highest BCUT2D eigenvalue weighted by Gasteiger charge is 2.33. The third-order valence-electron chi connectivity index (χ3n) is 11.5. The van der Waals surface area contributed by atoms with Crippen LogP contribution in [0.1, 0.15) is 37.5 Å². The van der Waals surface area contributed by atoms with E-state index in [1.165, 1.54) is 92.2 Å². The Morgan fingerprint density at radius 1 is 0.453 bits per heavy atom. The molecule has 1 aliphatic rings. The van der Waals surface area contributed by atoms with Crippen LogP contribution in [0.25, 0.3) is 89.0 Å². The number of benzene rings is 8. The van der Waals surface area contributed by atoms with Gasteiger partial charge in [0.05, 0.1) is 0 Å². The van der Waals surface area contributed by atoms with Gasteiger partial charge in [-0.05, 0) is 142 Å². The summed E-state index contributed by atoms with van der Waals surface area (Å²) in [5.74, 6) is 0. The molecule has 1 heterocycles. The Balaban J connectivity index is 1.47. The summed E-state index contributed by atoms with van der Waals surface area (Å²) in [5, 5.41) is 7.65. The molecule has 0 saturated carbocycles. The Labute approximate surface area is 315 Å². The molecule has 8 aromatic carbocycles. The minimum Gasteiger partial charge on any atom is -0.192 e. The summed E-state index contributed by atoms with van der Waals surface area (Å²) >= 11 is 0. The molecule has 1 aliphatic heterocycles. The van der Waals surface area contributed by atoms with Crippen molar-refractivity contribution in [1.82, 2.24) is 0 Å². The van der Waals surface area contributed by atoms with Crippen LogP contribution in [0.2, 0.25) is 0 Å². The average molecular weight is 701 g/mol. The van der Waals surface area contributed by atoms with E-state index >= 15 is 0 Å². The first kappa shape index (κ1) is 33.2. The molecule has 0 spiro atoms. The molecule has 0 fully saturated rings. The molecule has 0 N–H and O–H groups in total. The normalized spacial score (nSPS) is 13.9. The number of hydrogen-bond donors (Lipinski definition) is 0. The van der Waals surface area contributed by atoms with Crippen LogP contribution in [-0.2, 0) is 5.41 Å². The molecular weight excluding hydrogens is 657 g/mol. The van der Waals surface area contributed by atoms with Gasteiger partial charge in [-0.15, -0.1) is 0 Å².